The third-order valence-electron chi connectivity index (χ3n) is 3.15. The molecule has 2 heterocycles. The van der Waals surface area contributed by atoms with Gasteiger partial charge >= 0.3 is 0 Å². The third kappa shape index (κ3) is 2.48. The Labute approximate surface area is 121 Å². The second-order valence-corrected chi connectivity index (χ2v) is 9.66. The summed E-state index contributed by atoms with van der Waals surface area (Å²) in [6, 6.07) is -0.666. The van der Waals surface area contributed by atoms with E-state index in [0.717, 1.165) is 11.3 Å². The number of nitrogens with one attached hydrogen (secondary N) is 1. The van der Waals surface area contributed by atoms with E-state index in [1.165, 1.54) is 19.2 Å². The minimum absolute atomic E-state index is 0.0287. The van der Waals surface area contributed by atoms with Crippen molar-refractivity contribution in [3.05, 3.63) is 10.9 Å². The van der Waals surface area contributed by atoms with E-state index in [1.54, 1.807) is 0 Å². The Morgan fingerprint density at radius 3 is 2.60 bits per heavy atom. The van der Waals surface area contributed by atoms with Crippen molar-refractivity contribution in [2.75, 3.05) is 0 Å². The molecule has 20 heavy (non-hydrogen) atoms. The van der Waals surface area contributed by atoms with Crippen LogP contribution in [0.3, 0.4) is 0 Å². The van der Waals surface area contributed by atoms with Gasteiger partial charge in [0.1, 0.15) is 4.21 Å². The van der Waals surface area contributed by atoms with Crippen molar-refractivity contribution in [1.29, 1.82) is 0 Å². The monoisotopic (exact) mass is 338 g/mol. The molecule has 2 atom stereocenters. The zero-order valence-corrected chi connectivity index (χ0v) is 13.2. The number of fused-ring (bicyclic) bond motifs is 1. The normalized spacial score (nSPS) is 24.9. The van der Waals surface area contributed by atoms with E-state index >= 15 is 0 Å². The molecule has 1 amide bonds. The highest BCUT2D eigenvalue weighted by atomic mass is 32.2. The van der Waals surface area contributed by atoms with Gasteiger partial charge in [0.2, 0.25) is 15.9 Å². The lowest BCUT2D eigenvalue weighted by Crippen LogP contribution is -2.36. The van der Waals surface area contributed by atoms with Gasteiger partial charge in [0.05, 0.1) is 16.2 Å². The van der Waals surface area contributed by atoms with Crippen LogP contribution in [0.5, 0.6) is 0 Å². The van der Waals surface area contributed by atoms with Crippen LogP contribution in [0.25, 0.3) is 0 Å². The van der Waals surface area contributed by atoms with E-state index in [-0.39, 0.29) is 27.0 Å². The van der Waals surface area contributed by atoms with Crippen molar-refractivity contribution in [2.24, 2.45) is 5.14 Å². The predicted molar refractivity (Wildman–Crippen MR) is 73.5 cm³/mol. The van der Waals surface area contributed by atoms with Gasteiger partial charge in [-0.05, 0) is 13.3 Å². The molecule has 0 radical (unpaired) electrons. The number of nitrogens with two attached hydrogens (primary N) is 1. The Morgan fingerprint density at radius 2 is 2.10 bits per heavy atom. The standard InChI is InChI=1S/C10H14N2O5S3/c1-5-3-7(12-6(2)13)9-8(20(11,16)17)4-18-10(9)19(5,14)15/h4-5,7H,3H2,1-2H3,(H,12,13)(H2,11,16,17)/t5-,7-/m0/s1. The highest BCUT2D eigenvalue weighted by Gasteiger charge is 2.41. The fourth-order valence-electron chi connectivity index (χ4n) is 2.22. The number of carbonyl (C=O) groups is 1. The summed E-state index contributed by atoms with van der Waals surface area (Å²) < 4.78 is 47.6. The first-order valence-electron chi connectivity index (χ1n) is 5.70. The van der Waals surface area contributed by atoms with Crippen molar-refractivity contribution < 1.29 is 21.6 Å². The quantitative estimate of drug-likeness (QED) is 0.794. The maximum atomic E-state index is 12.2. The van der Waals surface area contributed by atoms with Crippen LogP contribution in [0.2, 0.25) is 0 Å². The van der Waals surface area contributed by atoms with Crippen LogP contribution >= 0.6 is 11.3 Å². The summed E-state index contributed by atoms with van der Waals surface area (Å²) in [7, 11) is -7.62. The Hall–Kier alpha value is -0.970. The maximum Gasteiger partial charge on any atom is 0.239 e. The minimum Gasteiger partial charge on any atom is -0.349 e. The van der Waals surface area contributed by atoms with Crippen molar-refractivity contribution >= 4 is 37.1 Å². The molecule has 1 aromatic rings. The molecule has 10 heteroatoms. The first kappa shape index (κ1) is 15.4. The summed E-state index contributed by atoms with van der Waals surface area (Å²) in [6.45, 7) is 2.82. The van der Waals surface area contributed by atoms with Gasteiger partial charge in [-0.15, -0.1) is 11.3 Å². The average Bonchev–Trinajstić information content (AvgIpc) is 2.70. The molecule has 112 valence electrons. The average molecular weight is 338 g/mol. The molecule has 1 aliphatic heterocycles. The van der Waals surface area contributed by atoms with Crippen molar-refractivity contribution in [1.82, 2.24) is 5.32 Å². The number of amides is 1. The summed E-state index contributed by atoms with van der Waals surface area (Å²) >= 11 is 0.822. The van der Waals surface area contributed by atoms with Gasteiger partial charge in [0, 0.05) is 17.9 Å². The van der Waals surface area contributed by atoms with E-state index < -0.39 is 31.2 Å². The number of hydrogen-bond donors (Lipinski definition) is 2. The van der Waals surface area contributed by atoms with Gasteiger partial charge in [-0.25, -0.2) is 22.0 Å². The molecule has 0 fully saturated rings. The topological polar surface area (TPSA) is 123 Å². The molecular formula is C10H14N2O5S3. The first-order valence-corrected chi connectivity index (χ1v) is 9.67. The van der Waals surface area contributed by atoms with E-state index in [2.05, 4.69) is 5.32 Å². The second kappa shape index (κ2) is 4.79. The van der Waals surface area contributed by atoms with Crippen LogP contribution in [0.15, 0.2) is 14.5 Å². The summed E-state index contributed by atoms with van der Waals surface area (Å²) in [5.74, 6) is -0.362. The third-order valence-corrected chi connectivity index (χ3v) is 8.01. The number of sulfone groups is 1. The molecule has 2 rings (SSSR count). The summed E-state index contributed by atoms with van der Waals surface area (Å²) in [6.07, 6.45) is 0.119. The van der Waals surface area contributed by atoms with Gasteiger partial charge in [-0.2, -0.15) is 0 Å². The molecule has 3 N–H and O–H groups in total. The number of rotatable bonds is 2. The maximum absolute atomic E-state index is 12.2. The lowest BCUT2D eigenvalue weighted by atomic mass is 10.0. The number of carbonyl (C=O) groups excluding carboxylic acids is 1. The first-order chi connectivity index (χ1) is 9.05. The van der Waals surface area contributed by atoms with E-state index in [4.69, 9.17) is 5.14 Å². The fourth-order valence-corrected chi connectivity index (χ4v) is 6.85. The molecule has 0 unspecified atom stereocenters. The Morgan fingerprint density at radius 1 is 1.50 bits per heavy atom. The molecule has 1 aliphatic rings. The van der Waals surface area contributed by atoms with Crippen molar-refractivity contribution in [2.45, 2.75) is 40.7 Å². The number of hydrogen-bond acceptors (Lipinski definition) is 6. The van der Waals surface area contributed by atoms with Crippen molar-refractivity contribution in [3.8, 4) is 0 Å². The van der Waals surface area contributed by atoms with Crippen LogP contribution in [0.4, 0.5) is 0 Å². The Bertz CT molecular complexity index is 763. The van der Waals surface area contributed by atoms with Gasteiger partial charge < -0.3 is 5.32 Å². The van der Waals surface area contributed by atoms with E-state index in [1.807, 2.05) is 0 Å². The molecule has 0 aliphatic carbocycles. The summed E-state index contributed by atoms with van der Waals surface area (Å²) in [4.78, 5) is 11.0. The number of thiophene rings is 1. The number of sulfonamides is 1. The van der Waals surface area contributed by atoms with E-state index in [9.17, 15) is 21.6 Å². The molecule has 0 aromatic carbocycles. The van der Waals surface area contributed by atoms with Gasteiger partial charge in [0.25, 0.3) is 0 Å². The Kier molecular flexibility index (Phi) is 3.70. The summed E-state index contributed by atoms with van der Waals surface area (Å²) in [5.41, 5.74) is 0.0887. The molecule has 0 saturated carbocycles. The second-order valence-electron chi connectivity index (χ2n) is 4.69. The zero-order chi connectivity index (χ0) is 15.3. The van der Waals surface area contributed by atoms with Crippen LogP contribution in [-0.2, 0) is 24.7 Å². The molecule has 0 bridgehead atoms. The van der Waals surface area contributed by atoms with Crippen LogP contribution in [0.1, 0.15) is 31.9 Å². The molecule has 1 aromatic heterocycles. The van der Waals surface area contributed by atoms with Crippen molar-refractivity contribution in [3.63, 3.8) is 0 Å². The summed E-state index contributed by atoms with van der Waals surface area (Å²) in [5, 5.41) is 8.22. The molecular weight excluding hydrogens is 324 g/mol. The predicted octanol–water partition coefficient (Wildman–Crippen LogP) is 0.139. The Balaban J connectivity index is 2.72. The highest BCUT2D eigenvalue weighted by molar-refractivity contribution is 7.94. The largest absolute Gasteiger partial charge is 0.349 e. The van der Waals surface area contributed by atoms with E-state index in [0.29, 0.717) is 0 Å². The minimum atomic E-state index is -4.04. The van der Waals surface area contributed by atoms with Gasteiger partial charge in [-0.3, -0.25) is 4.79 Å². The lowest BCUT2D eigenvalue weighted by Gasteiger charge is -2.28. The molecule has 0 saturated heterocycles. The fraction of sp³-hybridized carbons (Fsp3) is 0.500. The van der Waals surface area contributed by atoms with Gasteiger partial charge in [-0.1, -0.05) is 0 Å². The van der Waals surface area contributed by atoms with Crippen LogP contribution in [-0.4, -0.2) is 28.0 Å². The number of primary sulfonamides is 1. The lowest BCUT2D eigenvalue weighted by molar-refractivity contribution is -0.119. The smallest absolute Gasteiger partial charge is 0.239 e. The molecule has 0 spiro atoms. The SMILES string of the molecule is CC(=O)N[C@H]1C[C@H](C)S(=O)(=O)c2scc(S(N)(=O)=O)c21. The van der Waals surface area contributed by atoms with Crippen LogP contribution in [0, 0.1) is 0 Å². The highest BCUT2D eigenvalue weighted by Crippen LogP contribution is 2.43. The van der Waals surface area contributed by atoms with Gasteiger partial charge in [0.15, 0.2) is 9.84 Å². The zero-order valence-electron chi connectivity index (χ0n) is 10.8. The van der Waals surface area contributed by atoms with Crippen LogP contribution < -0.4 is 10.5 Å². The molecule has 7 nitrogen and oxygen atoms in total.